The molecule has 0 aliphatic rings. The second-order valence-corrected chi connectivity index (χ2v) is 6.91. The summed E-state index contributed by atoms with van der Waals surface area (Å²) in [4.78, 5) is 25.0. The normalized spacial score (nSPS) is 10.4. The number of rotatable bonds is 10. The molecule has 0 aliphatic carbocycles. The number of halogens is 1. The predicted molar refractivity (Wildman–Crippen MR) is 111 cm³/mol. The van der Waals surface area contributed by atoms with E-state index in [2.05, 4.69) is 33.5 Å². The summed E-state index contributed by atoms with van der Waals surface area (Å²) in [6.07, 6.45) is 2.91. The lowest BCUT2D eigenvalue weighted by molar-refractivity contribution is 0.0941. The highest BCUT2D eigenvalue weighted by molar-refractivity contribution is 9.10. The lowest BCUT2D eigenvalue weighted by atomic mass is 10.1. The van der Waals surface area contributed by atoms with Crippen LogP contribution >= 0.6 is 15.9 Å². The van der Waals surface area contributed by atoms with Crippen LogP contribution in [0.2, 0.25) is 0 Å². The maximum atomic E-state index is 12.5. The fourth-order valence-corrected chi connectivity index (χ4v) is 2.91. The van der Waals surface area contributed by atoms with Gasteiger partial charge in [-0.15, -0.1) is 0 Å². The van der Waals surface area contributed by atoms with Crippen LogP contribution in [0.1, 0.15) is 46.9 Å². The fourth-order valence-electron chi connectivity index (χ4n) is 2.44. The van der Waals surface area contributed by atoms with Crippen molar-refractivity contribution in [2.24, 2.45) is 0 Å². The molecule has 0 saturated carbocycles. The van der Waals surface area contributed by atoms with Crippen molar-refractivity contribution in [3.8, 4) is 0 Å². The zero-order chi connectivity index (χ0) is 19.5. The third kappa shape index (κ3) is 6.81. The summed E-state index contributed by atoms with van der Waals surface area (Å²) in [5.41, 5.74) is 1.43. The molecule has 0 aromatic heterocycles. The molecule has 2 rings (SSSR count). The van der Waals surface area contributed by atoms with Gasteiger partial charge in [0.15, 0.2) is 0 Å². The van der Waals surface area contributed by atoms with Gasteiger partial charge in [0, 0.05) is 24.2 Å². The Labute approximate surface area is 168 Å². The molecule has 2 N–H and O–H groups in total. The van der Waals surface area contributed by atoms with Crippen LogP contribution in [0.5, 0.6) is 0 Å². The Hall–Kier alpha value is -2.18. The van der Waals surface area contributed by atoms with E-state index in [4.69, 9.17) is 4.74 Å². The van der Waals surface area contributed by atoms with Gasteiger partial charge in [0.05, 0.1) is 16.8 Å². The van der Waals surface area contributed by atoms with Gasteiger partial charge in [0.2, 0.25) is 0 Å². The van der Waals surface area contributed by atoms with Gasteiger partial charge in [-0.05, 0) is 53.0 Å². The standard InChI is InChI=1S/C21H25BrN2O3/c1-2-3-14-27-15-8-13-23-20(25)17-10-5-7-12-19(17)24-21(26)16-9-4-6-11-18(16)22/h4-7,9-12H,2-3,8,13-15H2,1H3,(H,23,25)(H,24,26). The molecule has 0 fully saturated rings. The molecule has 2 amide bonds. The van der Waals surface area contributed by atoms with E-state index in [0.29, 0.717) is 34.4 Å². The number of hydrogen-bond donors (Lipinski definition) is 2. The monoisotopic (exact) mass is 432 g/mol. The van der Waals surface area contributed by atoms with E-state index in [9.17, 15) is 9.59 Å². The third-order valence-electron chi connectivity index (χ3n) is 3.93. The van der Waals surface area contributed by atoms with Crippen molar-refractivity contribution in [2.45, 2.75) is 26.2 Å². The Bertz CT molecular complexity index is 765. The molecule has 0 radical (unpaired) electrons. The van der Waals surface area contributed by atoms with E-state index in [-0.39, 0.29) is 11.8 Å². The Morgan fingerprint density at radius 2 is 1.59 bits per heavy atom. The summed E-state index contributed by atoms with van der Waals surface area (Å²) < 4.78 is 6.19. The largest absolute Gasteiger partial charge is 0.381 e. The van der Waals surface area contributed by atoms with E-state index >= 15 is 0 Å². The first-order valence-corrected chi connectivity index (χ1v) is 9.93. The number of benzene rings is 2. The van der Waals surface area contributed by atoms with E-state index < -0.39 is 0 Å². The predicted octanol–water partition coefficient (Wildman–Crippen LogP) is 4.64. The highest BCUT2D eigenvalue weighted by Crippen LogP contribution is 2.20. The van der Waals surface area contributed by atoms with E-state index in [1.165, 1.54) is 0 Å². The van der Waals surface area contributed by atoms with Crippen molar-refractivity contribution in [3.05, 3.63) is 64.1 Å². The smallest absolute Gasteiger partial charge is 0.256 e. The molecule has 6 heteroatoms. The average molecular weight is 433 g/mol. The van der Waals surface area contributed by atoms with Crippen LogP contribution in [0, 0.1) is 0 Å². The third-order valence-corrected chi connectivity index (χ3v) is 4.62. The number of nitrogens with one attached hydrogen (secondary N) is 2. The van der Waals surface area contributed by atoms with Crippen LogP contribution in [0.15, 0.2) is 53.0 Å². The van der Waals surface area contributed by atoms with Crippen molar-refractivity contribution in [1.29, 1.82) is 0 Å². The van der Waals surface area contributed by atoms with Gasteiger partial charge in [-0.3, -0.25) is 9.59 Å². The zero-order valence-electron chi connectivity index (χ0n) is 15.5. The van der Waals surface area contributed by atoms with Crippen LogP contribution in [0.25, 0.3) is 0 Å². The molecule has 27 heavy (non-hydrogen) atoms. The fraction of sp³-hybridized carbons (Fsp3) is 0.333. The first-order chi connectivity index (χ1) is 13.1. The Morgan fingerprint density at radius 3 is 2.33 bits per heavy atom. The number of ether oxygens (including phenoxy) is 1. The molecule has 0 unspecified atom stereocenters. The van der Waals surface area contributed by atoms with Crippen molar-refractivity contribution in [2.75, 3.05) is 25.1 Å². The minimum atomic E-state index is -0.271. The number of amides is 2. The molecule has 144 valence electrons. The first kappa shape index (κ1) is 21.1. The molecule has 0 bridgehead atoms. The maximum absolute atomic E-state index is 12.5. The van der Waals surface area contributed by atoms with E-state index in [0.717, 1.165) is 25.9 Å². The van der Waals surface area contributed by atoms with Crippen LogP contribution in [-0.4, -0.2) is 31.6 Å². The average Bonchev–Trinajstić information content (AvgIpc) is 2.68. The summed E-state index contributed by atoms with van der Waals surface area (Å²) in [5, 5.41) is 5.69. The van der Waals surface area contributed by atoms with Crippen molar-refractivity contribution in [3.63, 3.8) is 0 Å². The van der Waals surface area contributed by atoms with Crippen LogP contribution in [0.4, 0.5) is 5.69 Å². The minimum absolute atomic E-state index is 0.216. The molecular formula is C21H25BrN2O3. The molecule has 0 spiro atoms. The summed E-state index contributed by atoms with van der Waals surface area (Å²) in [6, 6.07) is 14.1. The van der Waals surface area contributed by atoms with Gasteiger partial charge in [-0.25, -0.2) is 0 Å². The van der Waals surface area contributed by atoms with Crippen LogP contribution < -0.4 is 10.6 Å². The molecule has 2 aromatic rings. The van der Waals surface area contributed by atoms with Gasteiger partial charge in [0.25, 0.3) is 11.8 Å². The van der Waals surface area contributed by atoms with Gasteiger partial charge >= 0.3 is 0 Å². The highest BCUT2D eigenvalue weighted by atomic mass is 79.9. The van der Waals surface area contributed by atoms with Crippen molar-refractivity contribution < 1.29 is 14.3 Å². The maximum Gasteiger partial charge on any atom is 0.256 e. The topological polar surface area (TPSA) is 67.4 Å². The van der Waals surface area contributed by atoms with E-state index in [1.54, 1.807) is 42.5 Å². The van der Waals surface area contributed by atoms with Crippen LogP contribution in [0.3, 0.4) is 0 Å². The number of anilines is 1. The number of unbranched alkanes of at least 4 members (excludes halogenated alkanes) is 1. The summed E-state index contributed by atoms with van der Waals surface area (Å²) in [6.45, 7) is 4.03. The Kier molecular flexibility index (Phi) is 9.01. The minimum Gasteiger partial charge on any atom is -0.381 e. The molecule has 0 atom stereocenters. The van der Waals surface area contributed by atoms with Crippen molar-refractivity contribution in [1.82, 2.24) is 5.32 Å². The Balaban J connectivity index is 1.92. The SMILES string of the molecule is CCCCOCCCNC(=O)c1ccccc1NC(=O)c1ccccc1Br. The molecule has 0 saturated heterocycles. The second-order valence-electron chi connectivity index (χ2n) is 6.05. The lowest BCUT2D eigenvalue weighted by Gasteiger charge is -2.12. The van der Waals surface area contributed by atoms with Gasteiger partial charge < -0.3 is 15.4 Å². The quantitative estimate of drug-likeness (QED) is 0.537. The second kappa shape index (κ2) is 11.5. The molecule has 0 aliphatic heterocycles. The number of para-hydroxylation sites is 1. The molecule has 2 aromatic carbocycles. The molecule has 0 heterocycles. The van der Waals surface area contributed by atoms with Gasteiger partial charge in [-0.2, -0.15) is 0 Å². The van der Waals surface area contributed by atoms with Crippen LogP contribution in [-0.2, 0) is 4.74 Å². The highest BCUT2D eigenvalue weighted by Gasteiger charge is 2.15. The summed E-state index contributed by atoms with van der Waals surface area (Å²) >= 11 is 3.37. The number of hydrogen-bond acceptors (Lipinski definition) is 3. The lowest BCUT2D eigenvalue weighted by Crippen LogP contribution is -2.27. The number of carbonyl (C=O) groups is 2. The summed E-state index contributed by atoms with van der Waals surface area (Å²) in [5.74, 6) is -0.487. The summed E-state index contributed by atoms with van der Waals surface area (Å²) in [7, 11) is 0. The number of carbonyl (C=O) groups excluding carboxylic acids is 2. The van der Waals surface area contributed by atoms with Gasteiger partial charge in [-0.1, -0.05) is 37.6 Å². The molecule has 5 nitrogen and oxygen atoms in total. The first-order valence-electron chi connectivity index (χ1n) is 9.14. The van der Waals surface area contributed by atoms with Gasteiger partial charge in [0.1, 0.15) is 0 Å². The zero-order valence-corrected chi connectivity index (χ0v) is 17.1. The Morgan fingerprint density at radius 1 is 0.926 bits per heavy atom. The van der Waals surface area contributed by atoms with E-state index in [1.807, 2.05) is 6.07 Å². The molecular weight excluding hydrogens is 408 g/mol. The van der Waals surface area contributed by atoms with Crippen molar-refractivity contribution >= 4 is 33.4 Å².